The van der Waals surface area contributed by atoms with Crippen LogP contribution in [-0.2, 0) is 4.79 Å². The molecule has 3 unspecified atom stereocenters. The van der Waals surface area contributed by atoms with Gasteiger partial charge >= 0.3 is 0 Å². The van der Waals surface area contributed by atoms with Gasteiger partial charge in [0.25, 0.3) is 0 Å². The fourth-order valence-corrected chi connectivity index (χ4v) is 2.05. The van der Waals surface area contributed by atoms with E-state index in [1.807, 2.05) is 25.1 Å². The zero-order valence-electron chi connectivity index (χ0n) is 9.02. The molecular formula is C13H17NO. The molecule has 0 saturated heterocycles. The maximum atomic E-state index is 11.8. The summed E-state index contributed by atoms with van der Waals surface area (Å²) in [6.45, 7) is 1.96. The highest BCUT2D eigenvalue weighted by atomic mass is 16.1. The van der Waals surface area contributed by atoms with Crippen LogP contribution in [0.3, 0.4) is 0 Å². The van der Waals surface area contributed by atoms with Gasteiger partial charge in [0.1, 0.15) is 0 Å². The molecule has 1 aliphatic rings. The standard InChI is InChI=1S/C13H17NO/c1-2-12(14)13(15)11-8-10(11)9-6-4-3-5-7-9/h3-7,10-12H,2,8,14H2,1H3. The van der Waals surface area contributed by atoms with Gasteiger partial charge in [-0.1, -0.05) is 37.3 Å². The molecule has 80 valence electrons. The Balaban J connectivity index is 2.00. The zero-order valence-corrected chi connectivity index (χ0v) is 9.02. The molecule has 15 heavy (non-hydrogen) atoms. The molecular weight excluding hydrogens is 186 g/mol. The average molecular weight is 203 g/mol. The van der Waals surface area contributed by atoms with Crippen LogP contribution in [0.5, 0.6) is 0 Å². The molecule has 2 heteroatoms. The third kappa shape index (κ3) is 2.10. The van der Waals surface area contributed by atoms with Gasteiger partial charge < -0.3 is 5.73 Å². The van der Waals surface area contributed by atoms with Gasteiger partial charge in [-0.3, -0.25) is 4.79 Å². The maximum absolute atomic E-state index is 11.8. The van der Waals surface area contributed by atoms with Crippen molar-refractivity contribution in [2.45, 2.75) is 31.7 Å². The van der Waals surface area contributed by atoms with E-state index in [2.05, 4.69) is 12.1 Å². The fourth-order valence-electron chi connectivity index (χ4n) is 2.05. The SMILES string of the molecule is CCC(N)C(=O)C1CC1c1ccccc1. The molecule has 2 N–H and O–H groups in total. The van der Waals surface area contributed by atoms with Crippen molar-refractivity contribution in [2.75, 3.05) is 0 Å². The smallest absolute Gasteiger partial charge is 0.153 e. The van der Waals surface area contributed by atoms with Gasteiger partial charge in [0.05, 0.1) is 6.04 Å². The zero-order chi connectivity index (χ0) is 10.8. The van der Waals surface area contributed by atoms with Crippen molar-refractivity contribution >= 4 is 5.78 Å². The average Bonchev–Trinajstić information content (AvgIpc) is 3.08. The summed E-state index contributed by atoms with van der Waals surface area (Å²) in [5.74, 6) is 0.852. The number of Topliss-reactive ketones (excluding diaryl/α,β-unsaturated/α-hetero) is 1. The Morgan fingerprint density at radius 3 is 2.73 bits per heavy atom. The van der Waals surface area contributed by atoms with Crippen LogP contribution < -0.4 is 5.73 Å². The molecule has 3 atom stereocenters. The van der Waals surface area contributed by atoms with Crippen molar-refractivity contribution in [3.63, 3.8) is 0 Å². The van der Waals surface area contributed by atoms with Crippen molar-refractivity contribution in [1.82, 2.24) is 0 Å². The molecule has 1 aromatic rings. The Hall–Kier alpha value is -1.15. The Labute approximate surface area is 90.5 Å². The van der Waals surface area contributed by atoms with E-state index in [4.69, 9.17) is 5.73 Å². The lowest BCUT2D eigenvalue weighted by atomic mass is 10.0. The van der Waals surface area contributed by atoms with Crippen LogP contribution in [0.2, 0.25) is 0 Å². The molecule has 0 bridgehead atoms. The van der Waals surface area contributed by atoms with E-state index in [1.165, 1.54) is 5.56 Å². The number of carbonyl (C=O) groups is 1. The van der Waals surface area contributed by atoms with Crippen LogP contribution in [0.25, 0.3) is 0 Å². The highest BCUT2D eigenvalue weighted by Gasteiger charge is 2.44. The minimum atomic E-state index is -0.260. The van der Waals surface area contributed by atoms with Gasteiger partial charge in [0, 0.05) is 5.92 Å². The summed E-state index contributed by atoms with van der Waals surface area (Å²) in [4.78, 5) is 11.8. The molecule has 1 fully saturated rings. The molecule has 1 aliphatic carbocycles. The van der Waals surface area contributed by atoms with Gasteiger partial charge in [0.2, 0.25) is 0 Å². The Morgan fingerprint density at radius 2 is 2.13 bits per heavy atom. The van der Waals surface area contributed by atoms with E-state index in [0.717, 1.165) is 12.8 Å². The van der Waals surface area contributed by atoms with Crippen molar-refractivity contribution in [1.29, 1.82) is 0 Å². The Morgan fingerprint density at radius 1 is 1.47 bits per heavy atom. The molecule has 2 nitrogen and oxygen atoms in total. The molecule has 1 aromatic carbocycles. The molecule has 1 saturated carbocycles. The Bertz CT molecular complexity index is 347. The van der Waals surface area contributed by atoms with Crippen molar-refractivity contribution in [3.05, 3.63) is 35.9 Å². The molecule has 0 aromatic heterocycles. The number of ketones is 1. The second-order valence-electron chi connectivity index (χ2n) is 4.28. The first kappa shape index (κ1) is 10.4. The first-order valence-corrected chi connectivity index (χ1v) is 5.58. The Kier molecular flexibility index (Phi) is 2.87. The number of benzene rings is 1. The highest BCUT2D eigenvalue weighted by Crippen LogP contribution is 2.48. The summed E-state index contributed by atoms with van der Waals surface area (Å²) in [6, 6.07) is 9.97. The summed E-state index contributed by atoms with van der Waals surface area (Å²) < 4.78 is 0. The number of rotatable bonds is 4. The van der Waals surface area contributed by atoms with E-state index in [-0.39, 0.29) is 17.7 Å². The lowest BCUT2D eigenvalue weighted by Gasteiger charge is -2.06. The van der Waals surface area contributed by atoms with Crippen LogP contribution in [0.4, 0.5) is 0 Å². The second-order valence-corrected chi connectivity index (χ2v) is 4.28. The summed E-state index contributed by atoms with van der Waals surface area (Å²) in [5, 5.41) is 0. The monoisotopic (exact) mass is 203 g/mol. The van der Waals surface area contributed by atoms with Crippen LogP contribution in [-0.4, -0.2) is 11.8 Å². The lowest BCUT2D eigenvalue weighted by Crippen LogP contribution is -2.31. The van der Waals surface area contributed by atoms with Gasteiger partial charge in [-0.05, 0) is 24.3 Å². The topological polar surface area (TPSA) is 43.1 Å². The second kappa shape index (κ2) is 4.15. The normalized spacial score (nSPS) is 26.0. The van der Waals surface area contributed by atoms with E-state index in [1.54, 1.807) is 0 Å². The summed E-state index contributed by atoms with van der Waals surface area (Å²) in [7, 11) is 0. The number of hydrogen-bond donors (Lipinski definition) is 1. The lowest BCUT2D eigenvalue weighted by molar-refractivity contribution is -0.121. The van der Waals surface area contributed by atoms with Gasteiger partial charge in [-0.15, -0.1) is 0 Å². The predicted octanol–water partition coefficient (Wildman–Crippen LogP) is 2.10. The van der Waals surface area contributed by atoms with E-state index in [9.17, 15) is 4.79 Å². The van der Waals surface area contributed by atoms with E-state index >= 15 is 0 Å². The third-order valence-corrected chi connectivity index (χ3v) is 3.19. The molecule has 2 rings (SSSR count). The fraction of sp³-hybridized carbons (Fsp3) is 0.462. The minimum Gasteiger partial charge on any atom is -0.322 e. The minimum absolute atomic E-state index is 0.183. The van der Waals surface area contributed by atoms with E-state index in [0.29, 0.717) is 5.92 Å². The largest absolute Gasteiger partial charge is 0.322 e. The first-order valence-electron chi connectivity index (χ1n) is 5.58. The van der Waals surface area contributed by atoms with Crippen LogP contribution >= 0.6 is 0 Å². The van der Waals surface area contributed by atoms with Crippen LogP contribution in [0, 0.1) is 5.92 Å². The van der Waals surface area contributed by atoms with E-state index < -0.39 is 0 Å². The van der Waals surface area contributed by atoms with Gasteiger partial charge in [0.15, 0.2) is 5.78 Å². The predicted molar refractivity (Wildman–Crippen MR) is 60.6 cm³/mol. The van der Waals surface area contributed by atoms with Crippen LogP contribution in [0.1, 0.15) is 31.2 Å². The summed E-state index contributed by atoms with van der Waals surface area (Å²) >= 11 is 0. The van der Waals surface area contributed by atoms with Crippen molar-refractivity contribution in [2.24, 2.45) is 11.7 Å². The summed E-state index contributed by atoms with van der Waals surface area (Å²) in [5.41, 5.74) is 7.03. The van der Waals surface area contributed by atoms with Crippen LogP contribution in [0.15, 0.2) is 30.3 Å². The third-order valence-electron chi connectivity index (χ3n) is 3.19. The highest BCUT2D eigenvalue weighted by molar-refractivity contribution is 5.89. The quantitative estimate of drug-likeness (QED) is 0.814. The molecule has 0 amide bonds. The van der Waals surface area contributed by atoms with Crippen molar-refractivity contribution in [3.8, 4) is 0 Å². The number of carbonyl (C=O) groups excluding carboxylic acids is 1. The number of nitrogens with two attached hydrogens (primary N) is 1. The maximum Gasteiger partial charge on any atom is 0.153 e. The molecule has 0 spiro atoms. The molecule has 0 heterocycles. The molecule has 0 aliphatic heterocycles. The van der Waals surface area contributed by atoms with Gasteiger partial charge in [-0.25, -0.2) is 0 Å². The molecule has 0 radical (unpaired) electrons. The first-order chi connectivity index (χ1) is 7.24. The van der Waals surface area contributed by atoms with Crippen molar-refractivity contribution < 1.29 is 4.79 Å². The number of hydrogen-bond acceptors (Lipinski definition) is 2. The summed E-state index contributed by atoms with van der Waals surface area (Å²) in [6.07, 6.45) is 1.73. The van der Waals surface area contributed by atoms with Gasteiger partial charge in [-0.2, -0.15) is 0 Å².